The van der Waals surface area contributed by atoms with Crippen molar-refractivity contribution in [1.29, 1.82) is 0 Å². The third kappa shape index (κ3) is 20.4. The first kappa shape index (κ1) is 104. The van der Waals surface area contributed by atoms with Crippen LogP contribution in [0.15, 0.2) is 256 Å². The Morgan fingerprint density at radius 3 is 1.15 bits per heavy atom. The topological polar surface area (TPSA) is 318 Å². The molecule has 7 fully saturated rings. The van der Waals surface area contributed by atoms with Crippen LogP contribution in [0.1, 0.15) is 228 Å². The van der Waals surface area contributed by atoms with E-state index >= 15 is 0 Å². The number of Topliss-reactive ketones (excluding diaryl/α,β-unsaturated/α-hetero) is 1. The van der Waals surface area contributed by atoms with Gasteiger partial charge in [0.2, 0.25) is 0 Å². The molecule has 7 heterocycles. The number of fused-ring (bicyclic) bond motifs is 11. The molecule has 5 saturated carbocycles. The Balaban J connectivity index is 0.000000128. The smallest absolute Gasteiger partial charge is 0.336 e. The number of allylic oxidation sites excluding steroid dienone is 4. The summed E-state index contributed by atoms with van der Waals surface area (Å²) in [6.45, 7) is 47.8. The van der Waals surface area contributed by atoms with E-state index in [1.807, 2.05) is 102 Å². The molecule has 2 saturated heterocycles. The van der Waals surface area contributed by atoms with E-state index in [9.17, 15) is 53.7 Å². The number of ether oxygens (including phenoxy) is 6. The minimum atomic E-state index is -0.675. The summed E-state index contributed by atoms with van der Waals surface area (Å²) in [5.74, 6) is 5.21. The van der Waals surface area contributed by atoms with Gasteiger partial charge >= 0.3 is 28.1 Å². The molecule has 142 heavy (non-hydrogen) atoms. The predicted octanol–water partition coefficient (Wildman–Crippen LogP) is 23.8. The van der Waals surface area contributed by atoms with Crippen LogP contribution in [0.2, 0.25) is 0 Å². The number of aliphatic hydroxyl groups is 3. The van der Waals surface area contributed by atoms with Crippen molar-refractivity contribution in [3.8, 4) is 28.7 Å². The van der Waals surface area contributed by atoms with Gasteiger partial charge < -0.3 is 65.8 Å². The van der Waals surface area contributed by atoms with Crippen molar-refractivity contribution in [1.82, 2.24) is 0 Å². The van der Waals surface area contributed by atoms with Gasteiger partial charge in [0.15, 0.2) is 11.6 Å². The molecule has 8 aliphatic carbocycles. The molecule has 0 radical (unpaired) electrons. The molecule has 2 aliphatic heterocycles. The number of hydrogen-bond donors (Lipinski definition) is 3. The maximum absolute atomic E-state index is 12.9. The zero-order chi connectivity index (χ0) is 102. The van der Waals surface area contributed by atoms with Gasteiger partial charge in [0.25, 0.3) is 0 Å². The van der Waals surface area contributed by atoms with Crippen molar-refractivity contribution in [3.63, 3.8) is 0 Å². The lowest BCUT2D eigenvalue weighted by molar-refractivity contribution is -0.153. The maximum atomic E-state index is 12.9. The molecule has 0 unspecified atom stereocenters. The molecule has 756 valence electrons. The normalized spacial score (nSPS) is 30.6. The number of carbonyl (C=O) groups excluding carboxylic acids is 3. The molecule has 2 bridgehead atoms. The van der Waals surface area contributed by atoms with Crippen molar-refractivity contribution in [3.05, 3.63) is 263 Å². The van der Waals surface area contributed by atoms with E-state index in [4.69, 9.17) is 50.5 Å². The molecular formula is C120H144O22. The van der Waals surface area contributed by atoms with E-state index < -0.39 is 28.2 Å². The number of benzene rings is 5. The molecule has 18 atom stereocenters. The second-order valence-corrected chi connectivity index (χ2v) is 46.7. The summed E-state index contributed by atoms with van der Waals surface area (Å²) in [5.41, 5.74) is 5.27. The third-order valence-corrected chi connectivity index (χ3v) is 36.2. The van der Waals surface area contributed by atoms with E-state index in [0.717, 1.165) is 108 Å². The highest BCUT2D eigenvalue weighted by molar-refractivity contribution is 6.01. The van der Waals surface area contributed by atoms with Crippen molar-refractivity contribution >= 4 is 72.2 Å². The predicted molar refractivity (Wildman–Crippen MR) is 552 cm³/mol. The van der Waals surface area contributed by atoms with Gasteiger partial charge in [0.05, 0.1) is 56.4 Å². The van der Waals surface area contributed by atoms with Crippen molar-refractivity contribution in [2.45, 2.75) is 258 Å². The van der Waals surface area contributed by atoms with Gasteiger partial charge in [-0.3, -0.25) is 14.4 Å². The van der Waals surface area contributed by atoms with Gasteiger partial charge in [-0.25, -0.2) is 24.0 Å². The fraction of sp³-hybridized carbons (Fsp3) is 0.517. The summed E-state index contributed by atoms with van der Waals surface area (Å²) in [6.07, 6.45) is 21.3. The number of hydrogen-bond acceptors (Lipinski definition) is 22. The standard InChI is InChI=1S/C24H28O5.C24H26O5.3C24H30O4/c2*1-14-11-18(25)22-23(2,3)20(26)9-10-24(22,4)17(14)13-28-16-7-5-15-6-8-21(27)29-19(15)12-16;1-16(5-9-20-23(2,3)21-11-13-24(20,4)28-21)12-14-26-18-8-6-17-7-10-22(25)27-19(17)15-18;2*1-15-5-9-20-23(2,3)21(25)11-12-24(20,4)18(15)14-27-17-8-6-16-7-10-22(26)28-19(16)13-17/h5-8,11-12,17,20,22,26H,9-10,13H2,1-4H3;5-8,11-12,17,22H,9-10,13H2,1-4H3;6-8,10,12,15,20-21H,5,9,11,13-14H2,1-4H3;5-8,10,13,18,20-21,25H,9,11-12,14H2,1-4H3;6-8,10,13,18,20-21,25H,1,5,9,11-12,14H2,2-4H3/b;;16-12+;;/t17-,20+,22+,24-;17-,22-,24+;20-,21-,24+;18-,20-,21+,24+;18-,20+,21+,24-/m01110/s1. The molecule has 10 aliphatic rings. The van der Waals surface area contributed by atoms with E-state index in [1.165, 1.54) is 59.9 Å². The van der Waals surface area contributed by atoms with E-state index in [-0.39, 0.29) is 120 Å². The molecule has 5 aromatic heterocycles. The molecular weight excluding hydrogens is 1790 g/mol. The van der Waals surface area contributed by atoms with Gasteiger partial charge in [-0.15, -0.1) is 0 Å². The Morgan fingerprint density at radius 1 is 0.387 bits per heavy atom. The largest absolute Gasteiger partial charge is 0.493 e. The Bertz CT molecular complexity index is 6910. The fourth-order valence-corrected chi connectivity index (χ4v) is 27.7. The van der Waals surface area contributed by atoms with Gasteiger partial charge in [-0.1, -0.05) is 137 Å². The van der Waals surface area contributed by atoms with Crippen LogP contribution >= 0.6 is 0 Å². The summed E-state index contributed by atoms with van der Waals surface area (Å²) in [5, 5.41) is 36.0. The number of carbonyl (C=O) groups is 3. The number of aliphatic hydroxyl groups excluding tert-OH is 3. The van der Waals surface area contributed by atoms with E-state index in [2.05, 4.69) is 109 Å². The Labute approximate surface area is 831 Å². The van der Waals surface area contributed by atoms with Crippen LogP contribution in [0.25, 0.3) is 54.8 Å². The molecule has 5 aromatic carbocycles. The van der Waals surface area contributed by atoms with Crippen LogP contribution in [0.3, 0.4) is 0 Å². The second kappa shape index (κ2) is 40.0. The molecule has 10 aromatic rings. The van der Waals surface area contributed by atoms with Gasteiger partial charge in [-0.05, 0) is 289 Å². The summed E-state index contributed by atoms with van der Waals surface area (Å²) in [6, 6.07) is 43.5. The summed E-state index contributed by atoms with van der Waals surface area (Å²) in [7, 11) is 0. The van der Waals surface area contributed by atoms with Crippen LogP contribution in [0, 0.1) is 102 Å². The van der Waals surface area contributed by atoms with Crippen LogP contribution in [0.5, 0.6) is 28.7 Å². The van der Waals surface area contributed by atoms with Crippen molar-refractivity contribution < 1.29 is 80.2 Å². The molecule has 22 nitrogen and oxygen atoms in total. The van der Waals surface area contributed by atoms with Crippen molar-refractivity contribution in [2.75, 3.05) is 33.0 Å². The summed E-state index contributed by atoms with van der Waals surface area (Å²) < 4.78 is 63.1. The van der Waals surface area contributed by atoms with Gasteiger partial charge in [-0.2, -0.15) is 0 Å². The fourth-order valence-electron chi connectivity index (χ4n) is 27.7. The number of rotatable bonds is 18. The Hall–Kier alpha value is -11.3. The van der Waals surface area contributed by atoms with Crippen LogP contribution in [-0.4, -0.2) is 95.7 Å². The Morgan fingerprint density at radius 2 is 0.739 bits per heavy atom. The van der Waals surface area contributed by atoms with Crippen LogP contribution < -0.4 is 51.8 Å². The zero-order valence-corrected chi connectivity index (χ0v) is 86.2. The molecule has 20 rings (SSSR count). The quantitative estimate of drug-likeness (QED) is 0.0531. The maximum Gasteiger partial charge on any atom is 0.336 e. The minimum absolute atomic E-state index is 0.0241. The lowest BCUT2D eigenvalue weighted by Crippen LogP contribution is -2.58. The average Bonchev–Trinajstić information content (AvgIpc) is 1.73. The average molecular weight is 1940 g/mol. The van der Waals surface area contributed by atoms with E-state index in [1.54, 1.807) is 72.8 Å². The summed E-state index contributed by atoms with van der Waals surface area (Å²) >= 11 is 0. The number of ketones is 3. The van der Waals surface area contributed by atoms with E-state index in [0.29, 0.717) is 133 Å². The zero-order valence-electron chi connectivity index (χ0n) is 86.2. The lowest BCUT2D eigenvalue weighted by Gasteiger charge is -2.59. The van der Waals surface area contributed by atoms with Gasteiger partial charge in [0, 0.05) is 140 Å². The highest BCUT2D eigenvalue weighted by atomic mass is 16.5. The first-order valence-electron chi connectivity index (χ1n) is 51.0. The monoisotopic (exact) mass is 1940 g/mol. The van der Waals surface area contributed by atoms with Crippen molar-refractivity contribution in [2.24, 2.45) is 102 Å². The van der Waals surface area contributed by atoms with Crippen LogP contribution in [0.4, 0.5) is 0 Å². The highest BCUT2D eigenvalue weighted by Gasteiger charge is 2.64. The molecule has 22 heteroatoms. The molecule has 0 spiro atoms. The first-order chi connectivity index (χ1) is 67.0. The molecule has 0 amide bonds. The minimum Gasteiger partial charge on any atom is -0.493 e. The van der Waals surface area contributed by atoms with Crippen LogP contribution in [-0.2, 0) is 19.1 Å². The second-order valence-electron chi connectivity index (χ2n) is 46.7. The Kier molecular flexibility index (Phi) is 29.2. The third-order valence-electron chi connectivity index (χ3n) is 36.2. The van der Waals surface area contributed by atoms with Gasteiger partial charge in [0.1, 0.15) is 69.1 Å². The highest BCUT2D eigenvalue weighted by Crippen LogP contribution is 2.65. The first-order valence-corrected chi connectivity index (χ1v) is 51.0. The summed E-state index contributed by atoms with van der Waals surface area (Å²) in [4.78, 5) is 95.7. The molecule has 3 N–H and O–H groups in total. The SMILES string of the molecule is C/C(=C\COc1ccc2ccc(=O)oc2c1)CC[C@@H]1C(C)(C)[C@H]2CC[C@]1(C)O2.C=C1CC[C@@H]2C(C)(C)[C@H](O)CC[C@@]2(C)[C@H]1COc1ccc2ccc(=O)oc2c1.CC1=CC(=O)[C@@H]2C(C)(C)C(=O)CC[C@@]2(C)[C@@H]1COc1ccc2ccc(=O)oc2c1.CC1=CC(=O)[C@@H]2C(C)(C)[C@H](O)CC[C@@]2(C)[C@H]1COc1ccc2ccc(=O)oc2c1.CC1=CC[C@@H]2C(C)(C)[C@@H](O)CC[C@@]2(C)[C@@H]1COc1ccc2ccc(=O)oc2c1. The lowest BCUT2D eigenvalue weighted by atomic mass is 9.47.